The lowest BCUT2D eigenvalue weighted by Gasteiger charge is -2.34. The number of nitrogens with two attached hydrogens (primary N) is 1. The summed E-state index contributed by atoms with van der Waals surface area (Å²) in [5.41, 5.74) is 5.38. The number of primary amides is 1. The molecule has 2 heterocycles. The number of sulfone groups is 1. The molecule has 2 rings (SSSR count). The molecule has 3 N–H and O–H groups in total. The summed E-state index contributed by atoms with van der Waals surface area (Å²) in [4.78, 5) is 13.0. The summed E-state index contributed by atoms with van der Waals surface area (Å²) < 4.78 is 22.6. The second kappa shape index (κ2) is 4.50. The van der Waals surface area contributed by atoms with Crippen molar-refractivity contribution < 1.29 is 13.2 Å². The minimum atomic E-state index is -2.89. The first-order valence-electron chi connectivity index (χ1n) is 5.29. The van der Waals surface area contributed by atoms with E-state index in [9.17, 15) is 13.2 Å². The maximum absolute atomic E-state index is 11.3. The zero-order valence-corrected chi connectivity index (χ0v) is 10.0. The number of hydrogen-bond acceptors (Lipinski definition) is 5. The van der Waals surface area contributed by atoms with E-state index in [1.165, 1.54) is 0 Å². The van der Waals surface area contributed by atoms with Crippen LogP contribution in [-0.2, 0) is 14.6 Å². The van der Waals surface area contributed by atoms with Gasteiger partial charge in [-0.15, -0.1) is 0 Å². The molecule has 0 aliphatic carbocycles. The number of hydrogen-bond donors (Lipinski definition) is 2. The van der Waals surface area contributed by atoms with E-state index in [-0.39, 0.29) is 23.4 Å². The zero-order valence-electron chi connectivity index (χ0n) is 9.22. The van der Waals surface area contributed by atoms with Crippen molar-refractivity contribution in [3.63, 3.8) is 0 Å². The average molecular weight is 256 g/mol. The van der Waals surface area contributed by atoms with Crippen molar-refractivity contribution >= 4 is 15.7 Å². The van der Waals surface area contributed by atoms with Gasteiger partial charge in [-0.05, 0) is 6.08 Å². The molecule has 1 amide bonds. The smallest absolute Gasteiger partial charge is 0.265 e. The molecule has 17 heavy (non-hydrogen) atoms. The van der Waals surface area contributed by atoms with Crippen LogP contribution in [0.3, 0.4) is 0 Å². The summed E-state index contributed by atoms with van der Waals surface area (Å²) in [6.07, 6.45) is 5.98. The molecule has 1 radical (unpaired) electrons. The van der Waals surface area contributed by atoms with Crippen LogP contribution in [0.1, 0.15) is 0 Å². The van der Waals surface area contributed by atoms with Crippen LogP contribution in [0.25, 0.3) is 0 Å². The Kier molecular flexibility index (Phi) is 3.21. The number of rotatable bonds is 2. The molecule has 1 atom stereocenters. The van der Waals surface area contributed by atoms with E-state index in [4.69, 9.17) is 5.73 Å². The Morgan fingerprint density at radius 3 is 2.71 bits per heavy atom. The van der Waals surface area contributed by atoms with Crippen molar-refractivity contribution in [1.82, 2.24) is 10.2 Å². The highest BCUT2D eigenvalue weighted by molar-refractivity contribution is 7.91. The van der Waals surface area contributed by atoms with Gasteiger partial charge in [0, 0.05) is 19.2 Å². The number of nitrogens with zero attached hydrogens (tertiary/aromatic N) is 1. The molecule has 1 fully saturated rings. The number of dihydropyridines is 1. The molecule has 6 nitrogen and oxygen atoms in total. The fourth-order valence-electron chi connectivity index (χ4n) is 1.82. The molecule has 7 heteroatoms. The molecule has 93 valence electrons. The van der Waals surface area contributed by atoms with E-state index in [1.54, 1.807) is 6.08 Å². The summed E-state index contributed by atoms with van der Waals surface area (Å²) in [7, 11) is -2.89. The molecule has 0 spiro atoms. The van der Waals surface area contributed by atoms with Gasteiger partial charge in [0.15, 0.2) is 9.84 Å². The van der Waals surface area contributed by atoms with Gasteiger partial charge in [-0.2, -0.15) is 0 Å². The molecule has 0 saturated carbocycles. The Morgan fingerprint density at radius 1 is 1.47 bits per heavy atom. The van der Waals surface area contributed by atoms with E-state index < -0.39 is 15.7 Å². The van der Waals surface area contributed by atoms with Crippen molar-refractivity contribution in [3.8, 4) is 0 Å². The third-order valence-corrected chi connectivity index (χ3v) is 4.43. The van der Waals surface area contributed by atoms with Gasteiger partial charge in [-0.25, -0.2) is 8.42 Å². The van der Waals surface area contributed by atoms with Gasteiger partial charge >= 0.3 is 0 Å². The maximum atomic E-state index is 11.3. The largest absolute Gasteiger partial charge is 0.364 e. The molecule has 1 saturated heterocycles. The van der Waals surface area contributed by atoms with E-state index in [0.717, 1.165) is 0 Å². The van der Waals surface area contributed by atoms with Gasteiger partial charge in [0.25, 0.3) is 5.91 Å². The van der Waals surface area contributed by atoms with Crippen molar-refractivity contribution in [1.29, 1.82) is 0 Å². The van der Waals surface area contributed by atoms with Gasteiger partial charge in [0.05, 0.1) is 17.7 Å². The summed E-state index contributed by atoms with van der Waals surface area (Å²) in [6, 6.07) is 0. The van der Waals surface area contributed by atoms with Gasteiger partial charge < -0.3 is 11.1 Å². The molecular formula is C10H14N3O3S. The van der Waals surface area contributed by atoms with Crippen molar-refractivity contribution in [2.45, 2.75) is 6.17 Å². The first-order valence-corrected chi connectivity index (χ1v) is 7.11. The fraction of sp³-hybridized carbons (Fsp3) is 0.500. The first-order chi connectivity index (χ1) is 7.98. The van der Waals surface area contributed by atoms with Crippen LogP contribution in [0, 0.1) is 6.08 Å². The normalized spacial score (nSPS) is 28.2. The minimum Gasteiger partial charge on any atom is -0.364 e. The topological polar surface area (TPSA) is 92.5 Å². The van der Waals surface area contributed by atoms with Crippen LogP contribution in [0.5, 0.6) is 0 Å². The highest BCUT2D eigenvalue weighted by atomic mass is 32.2. The Morgan fingerprint density at radius 2 is 2.12 bits per heavy atom. The second-order valence-corrected chi connectivity index (χ2v) is 6.32. The number of amides is 1. The summed E-state index contributed by atoms with van der Waals surface area (Å²) in [5.74, 6) is -0.263. The predicted octanol–water partition coefficient (Wildman–Crippen LogP) is -1.63. The summed E-state index contributed by atoms with van der Waals surface area (Å²) >= 11 is 0. The van der Waals surface area contributed by atoms with E-state index in [2.05, 4.69) is 11.4 Å². The molecular weight excluding hydrogens is 242 g/mol. The fourth-order valence-corrected chi connectivity index (χ4v) is 3.05. The Balaban J connectivity index is 2.00. The van der Waals surface area contributed by atoms with Crippen LogP contribution < -0.4 is 11.1 Å². The zero-order chi connectivity index (χ0) is 12.5. The van der Waals surface area contributed by atoms with Crippen LogP contribution in [0.4, 0.5) is 0 Å². The third-order valence-electron chi connectivity index (χ3n) is 2.82. The lowest BCUT2D eigenvalue weighted by Crippen LogP contribution is -2.52. The lowest BCUT2D eigenvalue weighted by molar-refractivity contribution is -0.115. The van der Waals surface area contributed by atoms with E-state index in [1.807, 2.05) is 11.0 Å². The predicted molar refractivity (Wildman–Crippen MR) is 62.2 cm³/mol. The van der Waals surface area contributed by atoms with Crippen LogP contribution in [0.2, 0.25) is 0 Å². The van der Waals surface area contributed by atoms with Crippen LogP contribution >= 0.6 is 0 Å². The maximum Gasteiger partial charge on any atom is 0.265 e. The molecule has 1 unspecified atom stereocenters. The SMILES string of the molecule is NC(=O)C1=[C]C=CC(N2CCS(=O)(=O)CC2)N1. The third kappa shape index (κ3) is 2.86. The summed E-state index contributed by atoms with van der Waals surface area (Å²) in [5, 5.41) is 2.93. The van der Waals surface area contributed by atoms with Crippen LogP contribution in [-0.4, -0.2) is 50.0 Å². The highest BCUT2D eigenvalue weighted by Gasteiger charge is 2.27. The van der Waals surface area contributed by atoms with Crippen molar-refractivity contribution in [2.75, 3.05) is 24.6 Å². The number of carbonyl (C=O) groups is 1. The molecule has 0 bridgehead atoms. The van der Waals surface area contributed by atoms with Crippen molar-refractivity contribution in [3.05, 3.63) is 23.9 Å². The van der Waals surface area contributed by atoms with Gasteiger partial charge in [-0.1, -0.05) is 6.08 Å². The number of nitrogens with one attached hydrogen (secondary N) is 1. The van der Waals surface area contributed by atoms with Gasteiger partial charge in [-0.3, -0.25) is 9.69 Å². The molecule has 0 aromatic heterocycles. The first kappa shape index (κ1) is 12.1. The van der Waals surface area contributed by atoms with E-state index in [0.29, 0.717) is 13.1 Å². The van der Waals surface area contributed by atoms with Crippen molar-refractivity contribution in [2.24, 2.45) is 5.73 Å². The van der Waals surface area contributed by atoms with E-state index >= 15 is 0 Å². The molecule has 2 aliphatic heterocycles. The van der Waals surface area contributed by atoms with Gasteiger partial charge in [0.2, 0.25) is 0 Å². The average Bonchev–Trinajstić information content (AvgIpc) is 2.29. The minimum absolute atomic E-state index is 0.151. The van der Waals surface area contributed by atoms with Crippen LogP contribution in [0.15, 0.2) is 17.8 Å². The molecule has 2 aliphatic rings. The van der Waals surface area contributed by atoms with Gasteiger partial charge in [0.1, 0.15) is 5.70 Å². The standard InChI is InChI=1S/C10H14N3O3S/c11-10(14)8-2-1-3-9(12-8)13-4-6-17(15,16)7-5-13/h1,3,9,12H,4-7H2,(H2,11,14). The Hall–Kier alpha value is -1.34. The Bertz CT molecular complexity index is 467. The number of allylic oxidation sites excluding steroid dienone is 2. The highest BCUT2D eigenvalue weighted by Crippen LogP contribution is 2.11. The lowest BCUT2D eigenvalue weighted by atomic mass is 10.2. The Labute approximate surface area is 100 Å². The second-order valence-electron chi connectivity index (χ2n) is 4.02. The summed E-state index contributed by atoms with van der Waals surface area (Å²) in [6.45, 7) is 0.909. The quantitative estimate of drug-likeness (QED) is 0.619. The number of carbonyl (C=O) groups excluding carboxylic acids is 1. The monoisotopic (exact) mass is 256 g/mol. The molecule has 0 aromatic carbocycles. The molecule has 0 aromatic rings.